The lowest BCUT2D eigenvalue weighted by molar-refractivity contribution is -0.615. The normalized spacial score (nSPS) is 27.9. The molecular formula is C5H7N8O4-. The fourth-order valence-corrected chi connectivity index (χ4v) is 1.41. The highest BCUT2D eigenvalue weighted by molar-refractivity contribution is 5.07. The van der Waals surface area contributed by atoms with Crippen molar-refractivity contribution in [1.29, 1.82) is 0 Å². The lowest BCUT2D eigenvalue weighted by Gasteiger charge is -2.23. The van der Waals surface area contributed by atoms with E-state index < -0.39 is 28.2 Å². The Bertz CT molecular complexity index is 420. The molecule has 3 unspecified atom stereocenters. The van der Waals surface area contributed by atoms with Gasteiger partial charge in [-0.25, -0.2) is 4.68 Å². The van der Waals surface area contributed by atoms with E-state index in [9.17, 15) is 20.2 Å². The number of aromatic nitrogens is 3. The van der Waals surface area contributed by atoms with Crippen LogP contribution in [0.5, 0.6) is 0 Å². The van der Waals surface area contributed by atoms with Crippen LogP contribution in [0.1, 0.15) is 0 Å². The molecule has 1 fully saturated rings. The fourth-order valence-electron chi connectivity index (χ4n) is 1.41. The Hall–Kier alpha value is -2.34. The van der Waals surface area contributed by atoms with Gasteiger partial charge in [0.1, 0.15) is 12.7 Å². The Labute approximate surface area is 93.2 Å². The highest BCUT2D eigenvalue weighted by atomic mass is 16.6. The van der Waals surface area contributed by atoms with E-state index in [1.807, 2.05) is 0 Å². The lowest BCUT2D eigenvalue weighted by Crippen LogP contribution is -2.47. The van der Waals surface area contributed by atoms with Crippen molar-refractivity contribution < 1.29 is 9.85 Å². The summed E-state index contributed by atoms with van der Waals surface area (Å²) in [7, 11) is 0. The molecule has 92 valence electrons. The quantitative estimate of drug-likeness (QED) is 0.467. The average Bonchev–Trinajstić information content (AvgIpc) is 2.86. The predicted molar refractivity (Wildman–Crippen MR) is 51.2 cm³/mol. The Morgan fingerprint density at radius 2 is 1.94 bits per heavy atom. The van der Waals surface area contributed by atoms with E-state index in [-0.39, 0.29) is 0 Å². The van der Waals surface area contributed by atoms with Crippen molar-refractivity contribution in [3.63, 3.8) is 0 Å². The summed E-state index contributed by atoms with van der Waals surface area (Å²) in [6.45, 7) is 0. The van der Waals surface area contributed by atoms with Gasteiger partial charge >= 0.3 is 6.17 Å². The van der Waals surface area contributed by atoms with Crippen LogP contribution in [-0.4, -0.2) is 43.1 Å². The second-order valence-corrected chi connectivity index (χ2v) is 3.21. The molecule has 3 atom stereocenters. The minimum Gasteiger partial charge on any atom is -0.565 e. The zero-order chi connectivity index (χ0) is 12.4. The molecule has 1 aromatic heterocycles. The molecule has 1 aliphatic heterocycles. The molecular weight excluding hydrogens is 236 g/mol. The summed E-state index contributed by atoms with van der Waals surface area (Å²) in [5.41, 5.74) is 8.27. The first kappa shape index (κ1) is 11.2. The van der Waals surface area contributed by atoms with Crippen molar-refractivity contribution in [2.45, 2.75) is 18.4 Å². The topological polar surface area (TPSA) is 155 Å². The minimum absolute atomic E-state index is 0.751. The molecule has 0 radical (unpaired) electrons. The molecule has 2 N–H and O–H groups in total. The van der Waals surface area contributed by atoms with E-state index in [1.54, 1.807) is 0 Å². The van der Waals surface area contributed by atoms with Crippen molar-refractivity contribution >= 4 is 0 Å². The molecule has 0 saturated carbocycles. The van der Waals surface area contributed by atoms with Gasteiger partial charge in [-0.15, -0.1) is 10.2 Å². The van der Waals surface area contributed by atoms with Crippen LogP contribution in [-0.2, 0) is 0 Å². The molecule has 17 heavy (non-hydrogen) atoms. The third kappa shape index (κ3) is 2.11. The van der Waals surface area contributed by atoms with Gasteiger partial charge in [0.2, 0.25) is 0 Å². The zero-order valence-electron chi connectivity index (χ0n) is 8.20. The first-order valence-electron chi connectivity index (χ1n) is 4.43. The van der Waals surface area contributed by atoms with Crippen LogP contribution >= 0.6 is 0 Å². The number of hydrogen-bond acceptors (Lipinski definition) is 8. The number of nitro groups is 2. The Balaban J connectivity index is 2.12. The third-order valence-electron chi connectivity index (χ3n) is 2.16. The van der Waals surface area contributed by atoms with E-state index in [1.165, 1.54) is 17.3 Å². The van der Waals surface area contributed by atoms with Crippen LogP contribution < -0.4 is 10.9 Å². The molecule has 12 nitrogen and oxygen atoms in total. The van der Waals surface area contributed by atoms with Gasteiger partial charge < -0.3 is 16.3 Å². The summed E-state index contributed by atoms with van der Waals surface area (Å²) in [6, 6.07) is -1.51. The summed E-state index contributed by atoms with van der Waals surface area (Å²) in [4.78, 5) is 19.8. The average molecular weight is 243 g/mol. The first-order valence-corrected chi connectivity index (χ1v) is 4.43. The molecule has 0 amide bonds. The fraction of sp³-hybridized carbons (Fsp3) is 0.600. The van der Waals surface area contributed by atoms with E-state index in [0.717, 1.165) is 0 Å². The highest BCUT2D eigenvalue weighted by Gasteiger charge is 2.46. The highest BCUT2D eigenvalue weighted by Crippen LogP contribution is 2.18. The molecule has 1 aromatic rings. The largest absolute Gasteiger partial charge is 0.565 e. The van der Waals surface area contributed by atoms with Crippen molar-refractivity contribution in [1.82, 2.24) is 20.3 Å². The summed E-state index contributed by atoms with van der Waals surface area (Å²) < 4.78 is 1.23. The molecule has 12 heteroatoms. The van der Waals surface area contributed by atoms with Crippen molar-refractivity contribution in [2.24, 2.45) is 0 Å². The number of hydrogen-bond donors (Lipinski definition) is 2. The smallest absolute Gasteiger partial charge is 0.317 e. The van der Waals surface area contributed by atoms with E-state index >= 15 is 0 Å². The Morgan fingerprint density at radius 1 is 1.29 bits per heavy atom. The molecule has 0 spiro atoms. The number of nitrogens with one attached hydrogen (secondary N) is 2. The predicted octanol–water partition coefficient (Wildman–Crippen LogP) is -1.71. The van der Waals surface area contributed by atoms with Crippen LogP contribution in [0.4, 0.5) is 0 Å². The van der Waals surface area contributed by atoms with Gasteiger partial charge in [-0.1, -0.05) is 0 Å². The number of nitrogens with zero attached hydrogens (tertiary/aromatic N) is 6. The maximum Gasteiger partial charge on any atom is 0.317 e. The zero-order valence-corrected chi connectivity index (χ0v) is 8.20. The third-order valence-corrected chi connectivity index (χ3v) is 2.16. The molecule has 0 bridgehead atoms. The van der Waals surface area contributed by atoms with Gasteiger partial charge in [0.05, 0.1) is 0 Å². The van der Waals surface area contributed by atoms with Crippen LogP contribution in [0.25, 0.3) is 5.43 Å². The van der Waals surface area contributed by atoms with E-state index in [4.69, 9.17) is 0 Å². The van der Waals surface area contributed by atoms with Crippen LogP contribution in [0.3, 0.4) is 0 Å². The van der Waals surface area contributed by atoms with E-state index in [2.05, 4.69) is 26.5 Å². The van der Waals surface area contributed by atoms with Crippen LogP contribution in [0.2, 0.25) is 0 Å². The summed E-state index contributed by atoms with van der Waals surface area (Å²) in [6.07, 6.45) is -0.117. The van der Waals surface area contributed by atoms with Crippen molar-refractivity contribution in [3.8, 4) is 0 Å². The molecule has 1 saturated heterocycles. The van der Waals surface area contributed by atoms with Crippen molar-refractivity contribution in [3.05, 3.63) is 38.3 Å². The maximum absolute atomic E-state index is 10.8. The monoisotopic (exact) mass is 243 g/mol. The molecule has 2 rings (SSSR count). The van der Waals surface area contributed by atoms with Gasteiger partial charge in [-0.3, -0.25) is 20.2 Å². The van der Waals surface area contributed by atoms with Crippen LogP contribution in [0, 0.1) is 20.2 Å². The van der Waals surface area contributed by atoms with Gasteiger partial charge in [0, 0.05) is 16.0 Å². The second-order valence-electron chi connectivity index (χ2n) is 3.21. The summed E-state index contributed by atoms with van der Waals surface area (Å²) in [5, 5.41) is 28.3. The standard InChI is InChI=1S/C5H7N8O4/c14-12(15)3-4(8-9-5(3)13(16)17)10-11-1-6-7-2-11/h1-5,9-10H/q-1. The lowest BCUT2D eigenvalue weighted by atomic mass is 10.2. The van der Waals surface area contributed by atoms with Gasteiger partial charge in [-0.2, -0.15) is 0 Å². The Kier molecular flexibility index (Phi) is 2.80. The second kappa shape index (κ2) is 4.26. The maximum atomic E-state index is 10.8. The van der Waals surface area contributed by atoms with Crippen LogP contribution in [0.15, 0.2) is 12.7 Å². The van der Waals surface area contributed by atoms with Gasteiger partial charge in [0.25, 0.3) is 6.04 Å². The van der Waals surface area contributed by atoms with Gasteiger partial charge in [0.15, 0.2) is 0 Å². The van der Waals surface area contributed by atoms with Crippen molar-refractivity contribution in [2.75, 3.05) is 5.43 Å². The van der Waals surface area contributed by atoms with E-state index in [0.29, 0.717) is 0 Å². The Morgan fingerprint density at radius 3 is 2.47 bits per heavy atom. The van der Waals surface area contributed by atoms with Gasteiger partial charge in [-0.05, 0) is 0 Å². The molecule has 0 aliphatic carbocycles. The number of rotatable bonds is 4. The molecule has 0 aromatic carbocycles. The SMILES string of the molecule is O=[N+]([O-])C1N[N-]C(Nn2cnnc2)C1[N+](=O)[O-]. The summed E-state index contributed by atoms with van der Waals surface area (Å²) >= 11 is 0. The minimum atomic E-state index is -1.56. The first-order chi connectivity index (χ1) is 8.09. The molecule has 2 heterocycles. The summed E-state index contributed by atoms with van der Waals surface area (Å²) in [5.74, 6) is 0. The molecule has 1 aliphatic rings.